The Bertz CT molecular complexity index is 529. The smallest absolute Gasteiger partial charge is 0.0426 e. The molecule has 2 aromatic carbocycles. The van der Waals surface area contributed by atoms with Crippen LogP contribution in [0.15, 0.2) is 42.5 Å². The fourth-order valence-corrected chi connectivity index (χ4v) is 2.16. The zero-order valence-electron chi connectivity index (χ0n) is 11.3. The fraction of sp³-hybridized carbons (Fsp3) is 0.250. The molecule has 2 rings (SSSR count). The molecule has 0 radical (unpaired) electrons. The van der Waals surface area contributed by atoms with Crippen molar-refractivity contribution in [1.82, 2.24) is 0 Å². The molecular weight excluding hydrogens is 220 g/mol. The summed E-state index contributed by atoms with van der Waals surface area (Å²) in [5.41, 5.74) is 11.7. The van der Waals surface area contributed by atoms with Crippen LogP contribution in [0.3, 0.4) is 0 Å². The molecule has 94 valence electrons. The molecule has 0 spiro atoms. The maximum atomic E-state index is 5.78. The van der Waals surface area contributed by atoms with E-state index < -0.39 is 0 Å². The van der Waals surface area contributed by atoms with Crippen molar-refractivity contribution in [3.63, 3.8) is 0 Å². The van der Waals surface area contributed by atoms with Crippen LogP contribution in [0.5, 0.6) is 0 Å². The Morgan fingerprint density at radius 1 is 1.00 bits per heavy atom. The normalized spacial score (nSPS) is 10.4. The van der Waals surface area contributed by atoms with Crippen LogP contribution in [0.1, 0.15) is 16.7 Å². The highest BCUT2D eigenvalue weighted by atomic mass is 15.1. The molecule has 18 heavy (non-hydrogen) atoms. The summed E-state index contributed by atoms with van der Waals surface area (Å²) < 4.78 is 0. The van der Waals surface area contributed by atoms with Gasteiger partial charge in [0.1, 0.15) is 0 Å². The lowest BCUT2D eigenvalue weighted by molar-refractivity contribution is 0.917. The number of nitrogen functional groups attached to an aromatic ring is 1. The number of hydrogen-bond acceptors (Lipinski definition) is 2. The third-order valence-corrected chi connectivity index (χ3v) is 3.17. The lowest BCUT2D eigenvalue weighted by Gasteiger charge is -2.22. The van der Waals surface area contributed by atoms with Crippen LogP contribution in [-0.2, 0) is 6.54 Å². The number of rotatable bonds is 3. The van der Waals surface area contributed by atoms with Gasteiger partial charge in [0, 0.05) is 25.0 Å². The summed E-state index contributed by atoms with van der Waals surface area (Å²) in [5, 5.41) is 0. The molecule has 0 unspecified atom stereocenters. The van der Waals surface area contributed by atoms with Crippen molar-refractivity contribution >= 4 is 11.4 Å². The molecule has 0 bridgehead atoms. The minimum atomic E-state index is 0.819. The number of anilines is 2. The second-order valence-electron chi connectivity index (χ2n) is 4.89. The number of benzene rings is 2. The van der Waals surface area contributed by atoms with Crippen LogP contribution in [0.2, 0.25) is 0 Å². The first-order valence-corrected chi connectivity index (χ1v) is 6.19. The van der Waals surface area contributed by atoms with Gasteiger partial charge in [0.25, 0.3) is 0 Å². The molecule has 2 heteroatoms. The van der Waals surface area contributed by atoms with Gasteiger partial charge < -0.3 is 10.6 Å². The summed E-state index contributed by atoms with van der Waals surface area (Å²) in [6.07, 6.45) is 0. The molecule has 0 aromatic heterocycles. The van der Waals surface area contributed by atoms with Gasteiger partial charge >= 0.3 is 0 Å². The third-order valence-electron chi connectivity index (χ3n) is 3.17. The maximum absolute atomic E-state index is 5.78. The number of nitrogens with two attached hydrogens (primary N) is 1. The minimum absolute atomic E-state index is 0.819. The summed E-state index contributed by atoms with van der Waals surface area (Å²) >= 11 is 0. The molecule has 0 aliphatic carbocycles. The van der Waals surface area contributed by atoms with Gasteiger partial charge in [0.15, 0.2) is 0 Å². The first-order chi connectivity index (χ1) is 8.56. The van der Waals surface area contributed by atoms with E-state index in [0.29, 0.717) is 0 Å². The largest absolute Gasteiger partial charge is 0.399 e. The lowest BCUT2D eigenvalue weighted by Crippen LogP contribution is -2.17. The van der Waals surface area contributed by atoms with Crippen LogP contribution in [0.4, 0.5) is 11.4 Å². The van der Waals surface area contributed by atoms with Crippen LogP contribution in [0, 0.1) is 13.8 Å². The van der Waals surface area contributed by atoms with Gasteiger partial charge in [-0.2, -0.15) is 0 Å². The van der Waals surface area contributed by atoms with E-state index in [0.717, 1.165) is 12.2 Å². The summed E-state index contributed by atoms with van der Waals surface area (Å²) in [6, 6.07) is 14.7. The van der Waals surface area contributed by atoms with Gasteiger partial charge in [-0.05, 0) is 43.2 Å². The number of nitrogens with zero attached hydrogens (tertiary/aromatic N) is 1. The molecule has 2 nitrogen and oxygen atoms in total. The predicted molar refractivity (Wildman–Crippen MR) is 78.9 cm³/mol. The first-order valence-electron chi connectivity index (χ1n) is 6.19. The van der Waals surface area contributed by atoms with Crippen molar-refractivity contribution in [2.24, 2.45) is 0 Å². The zero-order valence-corrected chi connectivity index (χ0v) is 11.3. The van der Waals surface area contributed by atoms with Crippen molar-refractivity contribution in [3.8, 4) is 0 Å². The predicted octanol–water partition coefficient (Wildman–Crippen LogP) is 3.52. The summed E-state index contributed by atoms with van der Waals surface area (Å²) in [5.74, 6) is 0. The van der Waals surface area contributed by atoms with Crippen LogP contribution in [0.25, 0.3) is 0 Å². The molecule has 0 aliphatic rings. The molecule has 0 atom stereocenters. The molecule has 2 aromatic rings. The van der Waals surface area contributed by atoms with Gasteiger partial charge in [0.05, 0.1) is 0 Å². The van der Waals surface area contributed by atoms with E-state index in [1.54, 1.807) is 0 Å². The highest BCUT2D eigenvalue weighted by Crippen LogP contribution is 2.22. The lowest BCUT2D eigenvalue weighted by atomic mass is 10.1. The second kappa shape index (κ2) is 5.13. The van der Waals surface area contributed by atoms with Crippen LogP contribution < -0.4 is 10.6 Å². The highest BCUT2D eigenvalue weighted by molar-refractivity contribution is 5.58. The van der Waals surface area contributed by atoms with E-state index in [-0.39, 0.29) is 0 Å². The van der Waals surface area contributed by atoms with Crippen molar-refractivity contribution in [3.05, 3.63) is 59.2 Å². The Hall–Kier alpha value is -1.96. The fourth-order valence-electron chi connectivity index (χ4n) is 2.16. The van der Waals surface area contributed by atoms with E-state index in [2.05, 4.69) is 56.1 Å². The van der Waals surface area contributed by atoms with Crippen LogP contribution in [-0.4, -0.2) is 7.05 Å². The molecule has 0 fully saturated rings. The van der Waals surface area contributed by atoms with Gasteiger partial charge in [-0.15, -0.1) is 0 Å². The molecular formula is C16H20N2. The maximum Gasteiger partial charge on any atom is 0.0426 e. The number of aryl methyl sites for hydroxylation is 2. The van der Waals surface area contributed by atoms with Gasteiger partial charge in [-0.3, -0.25) is 0 Å². The SMILES string of the molecule is Cc1ccc(CN(C)c2ccc(N)cc2C)cc1. The second-order valence-corrected chi connectivity index (χ2v) is 4.89. The molecule has 2 N–H and O–H groups in total. The van der Waals surface area contributed by atoms with Gasteiger partial charge in [-0.25, -0.2) is 0 Å². The molecule has 0 aliphatic heterocycles. The van der Waals surface area contributed by atoms with E-state index in [9.17, 15) is 0 Å². The van der Waals surface area contributed by atoms with Crippen molar-refractivity contribution in [1.29, 1.82) is 0 Å². The first kappa shape index (κ1) is 12.5. The summed E-state index contributed by atoms with van der Waals surface area (Å²) in [7, 11) is 2.11. The Labute approximate surface area is 109 Å². The van der Waals surface area contributed by atoms with Gasteiger partial charge in [-0.1, -0.05) is 29.8 Å². The van der Waals surface area contributed by atoms with E-state index >= 15 is 0 Å². The Balaban J connectivity index is 2.16. The average molecular weight is 240 g/mol. The molecule has 0 saturated heterocycles. The van der Waals surface area contributed by atoms with E-state index in [4.69, 9.17) is 5.73 Å². The molecule has 0 heterocycles. The third kappa shape index (κ3) is 2.83. The number of hydrogen-bond donors (Lipinski definition) is 1. The standard InChI is InChI=1S/C16H20N2/c1-12-4-6-14(7-5-12)11-18(3)16-9-8-15(17)10-13(16)2/h4-10H,11,17H2,1-3H3. The van der Waals surface area contributed by atoms with E-state index in [1.807, 2.05) is 12.1 Å². The highest BCUT2D eigenvalue weighted by Gasteiger charge is 2.05. The molecule has 0 amide bonds. The van der Waals surface area contributed by atoms with Crippen LogP contribution >= 0.6 is 0 Å². The average Bonchev–Trinajstić information content (AvgIpc) is 2.32. The quantitative estimate of drug-likeness (QED) is 0.832. The topological polar surface area (TPSA) is 29.3 Å². The van der Waals surface area contributed by atoms with Gasteiger partial charge in [0.2, 0.25) is 0 Å². The Kier molecular flexibility index (Phi) is 3.56. The summed E-state index contributed by atoms with van der Waals surface area (Å²) in [6.45, 7) is 5.11. The van der Waals surface area contributed by atoms with Crippen molar-refractivity contribution in [2.45, 2.75) is 20.4 Å². The van der Waals surface area contributed by atoms with Crippen molar-refractivity contribution in [2.75, 3.05) is 17.7 Å². The Morgan fingerprint density at radius 3 is 2.28 bits per heavy atom. The summed E-state index contributed by atoms with van der Waals surface area (Å²) in [4.78, 5) is 2.25. The Morgan fingerprint density at radius 2 is 1.67 bits per heavy atom. The monoisotopic (exact) mass is 240 g/mol. The zero-order chi connectivity index (χ0) is 13.1. The minimum Gasteiger partial charge on any atom is -0.399 e. The van der Waals surface area contributed by atoms with Crippen molar-refractivity contribution < 1.29 is 0 Å². The van der Waals surface area contributed by atoms with E-state index in [1.165, 1.54) is 22.4 Å². The molecule has 0 saturated carbocycles.